The van der Waals surface area contributed by atoms with E-state index in [-0.39, 0.29) is 6.04 Å². The van der Waals surface area contributed by atoms with Gasteiger partial charge in [0.1, 0.15) is 0 Å². The van der Waals surface area contributed by atoms with Crippen molar-refractivity contribution in [3.05, 3.63) is 59.7 Å². The van der Waals surface area contributed by atoms with Crippen LogP contribution in [0.25, 0.3) is 0 Å². The highest BCUT2D eigenvalue weighted by Gasteiger charge is 2.10. The topological polar surface area (TPSA) is 26.0 Å². The largest absolute Gasteiger partial charge is 0.324 e. The lowest BCUT2D eigenvalue weighted by Gasteiger charge is -2.17. The minimum absolute atomic E-state index is 0.178. The van der Waals surface area contributed by atoms with Gasteiger partial charge >= 0.3 is 0 Å². The minimum Gasteiger partial charge on any atom is -0.324 e. The predicted octanol–water partition coefficient (Wildman–Crippen LogP) is 2.83. The van der Waals surface area contributed by atoms with Crippen LogP contribution >= 0.6 is 0 Å². The lowest BCUT2D eigenvalue weighted by molar-refractivity contribution is 0.715. The fourth-order valence-electron chi connectivity index (χ4n) is 1.93. The van der Waals surface area contributed by atoms with E-state index in [0.29, 0.717) is 0 Å². The van der Waals surface area contributed by atoms with Crippen molar-refractivity contribution < 1.29 is 0 Å². The van der Waals surface area contributed by atoms with E-state index in [2.05, 4.69) is 42.5 Å². The molecule has 0 spiro atoms. The van der Waals surface area contributed by atoms with Crippen LogP contribution in [0.1, 0.15) is 18.4 Å². The number of benzene rings is 1. The Balaban J connectivity index is 2.00. The first-order valence-electron chi connectivity index (χ1n) is 5.51. The third-order valence-corrected chi connectivity index (χ3v) is 2.82. The first kappa shape index (κ1) is 10.2. The smallest absolute Gasteiger partial charge is 0.0297 e. The standard InChI is InChI=1S/C14H17N/c15-14(13-9-5-2-6-10-13)11-12-7-3-1-4-8-12/h1-5,7-9,14H,6,10-11,15H2. The molecule has 0 saturated carbocycles. The zero-order chi connectivity index (χ0) is 10.5. The van der Waals surface area contributed by atoms with E-state index >= 15 is 0 Å². The molecule has 0 bridgehead atoms. The van der Waals surface area contributed by atoms with Crippen LogP contribution in [0, 0.1) is 0 Å². The summed E-state index contributed by atoms with van der Waals surface area (Å²) in [5.74, 6) is 0. The van der Waals surface area contributed by atoms with E-state index in [1.165, 1.54) is 11.1 Å². The van der Waals surface area contributed by atoms with Gasteiger partial charge in [0.2, 0.25) is 0 Å². The molecule has 1 unspecified atom stereocenters. The van der Waals surface area contributed by atoms with Crippen LogP contribution < -0.4 is 5.73 Å². The van der Waals surface area contributed by atoms with Crippen molar-refractivity contribution in [2.45, 2.75) is 25.3 Å². The van der Waals surface area contributed by atoms with Crippen molar-refractivity contribution >= 4 is 0 Å². The molecule has 1 nitrogen and oxygen atoms in total. The van der Waals surface area contributed by atoms with Gasteiger partial charge in [0, 0.05) is 6.04 Å². The SMILES string of the molecule is NC(Cc1ccccc1)C1=CC=CCC1. The summed E-state index contributed by atoms with van der Waals surface area (Å²) in [5, 5.41) is 0. The van der Waals surface area contributed by atoms with Gasteiger partial charge in [-0.25, -0.2) is 0 Å². The Bertz CT molecular complexity index is 362. The second-order valence-electron chi connectivity index (χ2n) is 4.00. The zero-order valence-electron chi connectivity index (χ0n) is 8.89. The van der Waals surface area contributed by atoms with Gasteiger partial charge in [0.15, 0.2) is 0 Å². The Morgan fingerprint density at radius 1 is 1.20 bits per heavy atom. The maximum atomic E-state index is 6.18. The van der Waals surface area contributed by atoms with Gasteiger partial charge in [-0.3, -0.25) is 0 Å². The molecule has 0 fully saturated rings. The second-order valence-corrected chi connectivity index (χ2v) is 4.00. The number of hydrogen-bond donors (Lipinski definition) is 1. The number of hydrogen-bond acceptors (Lipinski definition) is 1. The highest BCUT2D eigenvalue weighted by molar-refractivity contribution is 5.25. The summed E-state index contributed by atoms with van der Waals surface area (Å²) >= 11 is 0. The summed E-state index contributed by atoms with van der Waals surface area (Å²) in [6.45, 7) is 0. The normalized spacial score (nSPS) is 17.3. The van der Waals surface area contributed by atoms with E-state index in [0.717, 1.165) is 19.3 Å². The van der Waals surface area contributed by atoms with E-state index in [4.69, 9.17) is 5.73 Å². The van der Waals surface area contributed by atoms with E-state index in [1.807, 2.05) is 6.07 Å². The predicted molar refractivity (Wildman–Crippen MR) is 64.6 cm³/mol. The van der Waals surface area contributed by atoms with Gasteiger partial charge < -0.3 is 5.73 Å². The maximum absolute atomic E-state index is 6.18. The van der Waals surface area contributed by atoms with Gasteiger partial charge in [0.05, 0.1) is 0 Å². The Morgan fingerprint density at radius 2 is 2.00 bits per heavy atom. The summed E-state index contributed by atoms with van der Waals surface area (Å²) in [4.78, 5) is 0. The number of nitrogens with two attached hydrogens (primary N) is 1. The maximum Gasteiger partial charge on any atom is 0.0297 e. The quantitative estimate of drug-likeness (QED) is 0.796. The van der Waals surface area contributed by atoms with E-state index in [9.17, 15) is 0 Å². The van der Waals surface area contributed by atoms with Crippen LogP contribution in [-0.2, 0) is 6.42 Å². The van der Waals surface area contributed by atoms with Crippen LogP contribution in [0.4, 0.5) is 0 Å². The van der Waals surface area contributed by atoms with Crippen molar-refractivity contribution in [2.24, 2.45) is 5.73 Å². The van der Waals surface area contributed by atoms with Crippen LogP contribution in [0.3, 0.4) is 0 Å². The first-order valence-corrected chi connectivity index (χ1v) is 5.51. The Hall–Kier alpha value is -1.34. The third kappa shape index (κ3) is 2.80. The van der Waals surface area contributed by atoms with Crippen molar-refractivity contribution in [3.63, 3.8) is 0 Å². The van der Waals surface area contributed by atoms with Crippen molar-refractivity contribution in [1.29, 1.82) is 0 Å². The van der Waals surface area contributed by atoms with Gasteiger partial charge in [-0.15, -0.1) is 0 Å². The van der Waals surface area contributed by atoms with Gasteiger partial charge in [0.25, 0.3) is 0 Å². The molecule has 0 aliphatic heterocycles. The fraction of sp³-hybridized carbons (Fsp3) is 0.286. The van der Waals surface area contributed by atoms with E-state index in [1.54, 1.807) is 0 Å². The first-order chi connectivity index (χ1) is 7.36. The van der Waals surface area contributed by atoms with Gasteiger partial charge in [-0.2, -0.15) is 0 Å². The molecule has 1 aromatic carbocycles. The van der Waals surface area contributed by atoms with Crippen LogP contribution in [0.5, 0.6) is 0 Å². The third-order valence-electron chi connectivity index (χ3n) is 2.82. The Kier molecular flexibility index (Phi) is 3.36. The molecule has 78 valence electrons. The molecule has 1 atom stereocenters. The lowest BCUT2D eigenvalue weighted by atomic mass is 9.94. The molecular formula is C14H17N. The van der Waals surface area contributed by atoms with Crippen LogP contribution in [-0.4, -0.2) is 6.04 Å². The van der Waals surface area contributed by atoms with Crippen LogP contribution in [0.2, 0.25) is 0 Å². The van der Waals surface area contributed by atoms with Crippen molar-refractivity contribution in [2.75, 3.05) is 0 Å². The lowest BCUT2D eigenvalue weighted by Crippen LogP contribution is -2.25. The highest BCUT2D eigenvalue weighted by atomic mass is 14.6. The Morgan fingerprint density at radius 3 is 2.67 bits per heavy atom. The van der Waals surface area contributed by atoms with Gasteiger partial charge in [-0.1, -0.05) is 54.1 Å². The molecule has 1 aromatic rings. The molecule has 2 rings (SSSR count). The molecule has 0 amide bonds. The molecular weight excluding hydrogens is 182 g/mol. The molecule has 1 heteroatoms. The minimum atomic E-state index is 0.178. The summed E-state index contributed by atoms with van der Waals surface area (Å²) in [5.41, 5.74) is 8.87. The number of rotatable bonds is 3. The summed E-state index contributed by atoms with van der Waals surface area (Å²) in [6.07, 6.45) is 9.67. The van der Waals surface area contributed by atoms with Gasteiger partial charge in [-0.05, 0) is 24.8 Å². The molecule has 0 heterocycles. The monoisotopic (exact) mass is 199 g/mol. The van der Waals surface area contributed by atoms with Crippen molar-refractivity contribution in [1.82, 2.24) is 0 Å². The van der Waals surface area contributed by atoms with Crippen molar-refractivity contribution in [3.8, 4) is 0 Å². The summed E-state index contributed by atoms with van der Waals surface area (Å²) < 4.78 is 0. The second kappa shape index (κ2) is 4.94. The van der Waals surface area contributed by atoms with Crippen LogP contribution in [0.15, 0.2) is 54.1 Å². The molecule has 0 saturated heterocycles. The summed E-state index contributed by atoms with van der Waals surface area (Å²) in [6, 6.07) is 10.6. The molecule has 0 radical (unpaired) electrons. The molecule has 15 heavy (non-hydrogen) atoms. The summed E-state index contributed by atoms with van der Waals surface area (Å²) in [7, 11) is 0. The number of allylic oxidation sites excluding steroid dienone is 3. The highest BCUT2D eigenvalue weighted by Crippen LogP contribution is 2.17. The average Bonchev–Trinajstić information content (AvgIpc) is 2.31. The molecule has 1 aliphatic carbocycles. The molecule has 2 N–H and O–H groups in total. The molecule has 1 aliphatic rings. The van der Waals surface area contributed by atoms with E-state index < -0.39 is 0 Å². The Labute approximate surface area is 91.3 Å². The zero-order valence-corrected chi connectivity index (χ0v) is 8.89. The molecule has 0 aromatic heterocycles. The fourth-order valence-corrected chi connectivity index (χ4v) is 1.93. The average molecular weight is 199 g/mol.